The maximum absolute atomic E-state index is 12.5. The fourth-order valence-corrected chi connectivity index (χ4v) is 4.40. The van der Waals surface area contributed by atoms with E-state index < -0.39 is 17.4 Å². The second-order valence-corrected chi connectivity index (χ2v) is 9.05. The van der Waals surface area contributed by atoms with Crippen LogP contribution in [0.2, 0.25) is 0 Å². The van der Waals surface area contributed by atoms with Crippen molar-refractivity contribution in [2.24, 2.45) is 13.0 Å². The van der Waals surface area contributed by atoms with Crippen molar-refractivity contribution < 1.29 is 9.84 Å². The Morgan fingerprint density at radius 2 is 1.94 bits per heavy atom. The molecular formula is C22H30N4O4S. The Hall–Kier alpha value is -2.52. The minimum Gasteiger partial charge on any atom is -0.491 e. The van der Waals surface area contributed by atoms with Gasteiger partial charge in [0.2, 0.25) is 0 Å². The van der Waals surface area contributed by atoms with Crippen LogP contribution in [-0.4, -0.2) is 42.7 Å². The SMILES string of the molecule is CCc1ccc(OC[C@@H](O)Cn2c(SCCC(C)C)nc3c2c(=O)[nH]c(=O)n3C)cc1. The van der Waals surface area contributed by atoms with Crippen LogP contribution in [0.4, 0.5) is 0 Å². The molecule has 3 rings (SSSR count). The number of H-pyrrole nitrogens is 1. The Kier molecular flexibility index (Phi) is 7.61. The highest BCUT2D eigenvalue weighted by atomic mass is 32.2. The van der Waals surface area contributed by atoms with E-state index in [0.29, 0.717) is 22.5 Å². The fourth-order valence-electron chi connectivity index (χ4n) is 3.16. The normalized spacial score (nSPS) is 12.6. The number of nitrogens with one attached hydrogen (secondary N) is 1. The molecule has 2 aromatic heterocycles. The molecule has 8 nitrogen and oxygen atoms in total. The van der Waals surface area contributed by atoms with Crippen LogP contribution in [0.15, 0.2) is 39.0 Å². The largest absolute Gasteiger partial charge is 0.491 e. The van der Waals surface area contributed by atoms with E-state index in [4.69, 9.17) is 4.74 Å². The zero-order valence-corrected chi connectivity index (χ0v) is 19.2. The molecule has 0 bridgehead atoms. The summed E-state index contributed by atoms with van der Waals surface area (Å²) in [7, 11) is 1.57. The molecule has 0 aliphatic carbocycles. The van der Waals surface area contributed by atoms with Crippen LogP contribution >= 0.6 is 11.8 Å². The third kappa shape index (κ3) is 5.59. The van der Waals surface area contributed by atoms with Crippen molar-refractivity contribution in [2.75, 3.05) is 12.4 Å². The number of fused-ring (bicyclic) bond motifs is 1. The summed E-state index contributed by atoms with van der Waals surface area (Å²) in [4.78, 5) is 31.4. The molecule has 2 N–H and O–H groups in total. The summed E-state index contributed by atoms with van der Waals surface area (Å²) in [5, 5.41) is 11.2. The predicted molar refractivity (Wildman–Crippen MR) is 123 cm³/mol. The molecule has 9 heteroatoms. The number of nitrogens with zero attached hydrogens (tertiary/aromatic N) is 3. The van der Waals surface area contributed by atoms with Crippen molar-refractivity contribution in [1.82, 2.24) is 19.1 Å². The molecule has 0 fully saturated rings. The second kappa shape index (κ2) is 10.2. The number of hydrogen-bond acceptors (Lipinski definition) is 6. The van der Waals surface area contributed by atoms with Gasteiger partial charge in [0.1, 0.15) is 18.5 Å². The topological polar surface area (TPSA) is 102 Å². The zero-order chi connectivity index (χ0) is 22.5. The Labute approximate surface area is 185 Å². The van der Waals surface area contributed by atoms with E-state index in [2.05, 4.69) is 30.7 Å². The van der Waals surface area contributed by atoms with Gasteiger partial charge in [-0.3, -0.25) is 14.3 Å². The molecule has 168 valence electrons. The number of rotatable bonds is 10. The van der Waals surface area contributed by atoms with Gasteiger partial charge in [-0.25, -0.2) is 9.78 Å². The summed E-state index contributed by atoms with van der Waals surface area (Å²) in [5.74, 6) is 2.04. The minimum absolute atomic E-state index is 0.0743. The van der Waals surface area contributed by atoms with Crippen LogP contribution in [0.1, 0.15) is 32.8 Å². The van der Waals surface area contributed by atoms with E-state index in [1.165, 1.54) is 21.9 Å². The number of hydrogen-bond donors (Lipinski definition) is 2. The van der Waals surface area contributed by atoms with Crippen molar-refractivity contribution in [3.63, 3.8) is 0 Å². The van der Waals surface area contributed by atoms with Crippen molar-refractivity contribution in [2.45, 2.75) is 51.4 Å². The average Bonchev–Trinajstić information content (AvgIpc) is 3.09. The van der Waals surface area contributed by atoms with Gasteiger partial charge in [-0.05, 0) is 36.5 Å². The molecule has 3 aromatic rings. The van der Waals surface area contributed by atoms with Gasteiger partial charge in [-0.1, -0.05) is 44.7 Å². The number of thioether (sulfide) groups is 1. The summed E-state index contributed by atoms with van der Waals surface area (Å²) in [5.41, 5.74) is 0.778. The van der Waals surface area contributed by atoms with Crippen LogP contribution in [-0.2, 0) is 20.0 Å². The van der Waals surface area contributed by atoms with E-state index in [9.17, 15) is 14.7 Å². The van der Waals surface area contributed by atoms with Crippen LogP contribution in [0.25, 0.3) is 11.2 Å². The molecule has 1 atom stereocenters. The van der Waals surface area contributed by atoms with Crippen LogP contribution in [0.5, 0.6) is 5.75 Å². The van der Waals surface area contributed by atoms with Crippen LogP contribution in [0.3, 0.4) is 0 Å². The first-order chi connectivity index (χ1) is 14.8. The van der Waals surface area contributed by atoms with E-state index >= 15 is 0 Å². The van der Waals surface area contributed by atoms with E-state index in [1.54, 1.807) is 11.6 Å². The number of aliphatic hydroxyl groups is 1. The number of aromatic nitrogens is 4. The van der Waals surface area contributed by atoms with Gasteiger partial charge < -0.3 is 14.4 Å². The number of ether oxygens (including phenoxy) is 1. The number of aromatic amines is 1. The number of aryl methyl sites for hydroxylation is 2. The van der Waals surface area contributed by atoms with Gasteiger partial charge in [0.15, 0.2) is 16.3 Å². The quantitative estimate of drug-likeness (QED) is 0.464. The van der Waals surface area contributed by atoms with Crippen molar-refractivity contribution in [1.29, 1.82) is 0 Å². The summed E-state index contributed by atoms with van der Waals surface area (Å²) in [6.45, 7) is 6.58. The first kappa shape index (κ1) is 23.1. The van der Waals surface area contributed by atoms with E-state index in [-0.39, 0.29) is 18.7 Å². The van der Waals surface area contributed by atoms with Gasteiger partial charge in [0, 0.05) is 12.8 Å². The molecule has 0 aliphatic rings. The summed E-state index contributed by atoms with van der Waals surface area (Å²) >= 11 is 1.52. The van der Waals surface area contributed by atoms with E-state index in [1.807, 2.05) is 24.3 Å². The molecule has 0 radical (unpaired) electrons. The molecule has 2 heterocycles. The van der Waals surface area contributed by atoms with Gasteiger partial charge in [0.25, 0.3) is 5.56 Å². The lowest BCUT2D eigenvalue weighted by Gasteiger charge is -2.15. The number of aliphatic hydroxyl groups excluding tert-OH is 1. The second-order valence-electron chi connectivity index (χ2n) is 7.99. The Balaban J connectivity index is 1.83. The lowest BCUT2D eigenvalue weighted by atomic mass is 10.2. The fraction of sp³-hybridized carbons (Fsp3) is 0.500. The smallest absolute Gasteiger partial charge is 0.329 e. The molecule has 0 saturated carbocycles. The van der Waals surface area contributed by atoms with Crippen molar-refractivity contribution in [3.05, 3.63) is 50.7 Å². The molecule has 0 saturated heterocycles. The Morgan fingerprint density at radius 1 is 1.23 bits per heavy atom. The maximum Gasteiger partial charge on any atom is 0.329 e. The maximum atomic E-state index is 12.5. The van der Waals surface area contributed by atoms with E-state index in [0.717, 1.165) is 18.6 Å². The Morgan fingerprint density at radius 3 is 2.58 bits per heavy atom. The summed E-state index contributed by atoms with van der Waals surface area (Å²) in [6, 6.07) is 7.75. The van der Waals surface area contributed by atoms with Crippen LogP contribution in [0, 0.1) is 5.92 Å². The summed E-state index contributed by atoms with van der Waals surface area (Å²) < 4.78 is 8.73. The molecule has 0 unspecified atom stereocenters. The molecule has 0 spiro atoms. The van der Waals surface area contributed by atoms with Crippen molar-refractivity contribution >= 4 is 22.9 Å². The molecule has 31 heavy (non-hydrogen) atoms. The third-order valence-corrected chi connectivity index (χ3v) is 6.08. The average molecular weight is 447 g/mol. The third-order valence-electron chi connectivity index (χ3n) is 5.07. The monoisotopic (exact) mass is 446 g/mol. The number of benzene rings is 1. The highest BCUT2D eigenvalue weighted by Gasteiger charge is 2.20. The lowest BCUT2D eigenvalue weighted by molar-refractivity contribution is 0.0913. The first-order valence-corrected chi connectivity index (χ1v) is 11.5. The van der Waals surface area contributed by atoms with Gasteiger partial charge >= 0.3 is 5.69 Å². The molecular weight excluding hydrogens is 416 g/mol. The lowest BCUT2D eigenvalue weighted by Crippen LogP contribution is -2.30. The van der Waals surface area contributed by atoms with Gasteiger partial charge in [-0.15, -0.1) is 0 Å². The van der Waals surface area contributed by atoms with Crippen LogP contribution < -0.4 is 16.0 Å². The standard InChI is InChI=1S/C22H30N4O4S/c1-5-15-6-8-17(9-7-15)30-13-16(27)12-26-18-19(25(4)21(29)24-20(18)28)23-22(26)31-11-10-14(2)3/h6-9,14,16,27H,5,10-13H2,1-4H3,(H,24,28,29)/t16-/m0/s1. The molecule has 0 amide bonds. The molecule has 1 aromatic carbocycles. The number of imidazole rings is 1. The van der Waals surface area contributed by atoms with Gasteiger partial charge in [-0.2, -0.15) is 0 Å². The predicted octanol–water partition coefficient (Wildman–Crippen LogP) is 2.56. The summed E-state index contributed by atoms with van der Waals surface area (Å²) in [6.07, 6.45) is 1.08. The first-order valence-electron chi connectivity index (χ1n) is 10.5. The highest BCUT2D eigenvalue weighted by molar-refractivity contribution is 7.99. The zero-order valence-electron chi connectivity index (χ0n) is 18.4. The van der Waals surface area contributed by atoms with Gasteiger partial charge in [0.05, 0.1) is 6.54 Å². The Bertz CT molecular complexity index is 1130. The van der Waals surface area contributed by atoms with Crippen molar-refractivity contribution in [3.8, 4) is 5.75 Å². The highest BCUT2D eigenvalue weighted by Crippen LogP contribution is 2.24. The molecule has 0 aliphatic heterocycles. The minimum atomic E-state index is -0.857.